The molecule has 2 aliphatic heterocycles. The fraction of sp³-hybridized carbons (Fsp3) is 0.556. The number of nitrogens with zero attached hydrogens (tertiary/aromatic N) is 1. The van der Waals surface area contributed by atoms with E-state index >= 15 is 0 Å². The van der Waals surface area contributed by atoms with Gasteiger partial charge in [0, 0.05) is 11.6 Å². The number of likely N-dealkylation sites (tertiary alicyclic amines) is 1. The zero-order chi connectivity index (χ0) is 16.8. The molecule has 0 aliphatic carbocycles. The third-order valence-electron chi connectivity index (χ3n) is 4.49. The average Bonchev–Trinajstić information content (AvgIpc) is 2.42. The van der Waals surface area contributed by atoms with Gasteiger partial charge in [0.2, 0.25) is 5.60 Å². The predicted molar refractivity (Wildman–Crippen MR) is 88.0 cm³/mol. The van der Waals surface area contributed by atoms with Crippen molar-refractivity contribution in [2.45, 2.75) is 51.7 Å². The molecular formula is C18H22ClNO3. The van der Waals surface area contributed by atoms with Gasteiger partial charge in [-0.15, -0.1) is 0 Å². The second-order valence-corrected chi connectivity index (χ2v) is 8.18. The van der Waals surface area contributed by atoms with Crippen LogP contribution in [0.15, 0.2) is 24.3 Å². The first-order valence-corrected chi connectivity index (χ1v) is 8.36. The molecule has 2 atom stereocenters. The molecule has 3 rings (SSSR count). The summed E-state index contributed by atoms with van der Waals surface area (Å²) >= 11 is 5.98. The van der Waals surface area contributed by atoms with Gasteiger partial charge in [-0.3, -0.25) is 9.59 Å². The molecule has 2 heterocycles. The van der Waals surface area contributed by atoms with E-state index in [2.05, 4.69) is 20.8 Å². The summed E-state index contributed by atoms with van der Waals surface area (Å²) in [7, 11) is 0. The quantitative estimate of drug-likeness (QED) is 0.773. The number of carbonyl (C=O) groups is 2. The molecule has 0 aromatic heterocycles. The minimum absolute atomic E-state index is 0.00363. The number of carbonyl (C=O) groups excluding carboxylic acids is 2. The van der Waals surface area contributed by atoms with Gasteiger partial charge < -0.3 is 9.64 Å². The molecule has 1 aromatic rings. The zero-order valence-corrected chi connectivity index (χ0v) is 14.5. The largest absolute Gasteiger partial charge is 0.448 e. The van der Waals surface area contributed by atoms with Crippen LogP contribution in [0.4, 0.5) is 0 Å². The average molecular weight is 336 g/mol. The summed E-state index contributed by atoms with van der Waals surface area (Å²) in [6.45, 7) is 6.94. The van der Waals surface area contributed by atoms with E-state index in [1.165, 1.54) is 0 Å². The Kier molecular flexibility index (Phi) is 3.91. The molecule has 2 aliphatic rings. The highest BCUT2D eigenvalue weighted by molar-refractivity contribution is 6.30. The van der Waals surface area contributed by atoms with Crippen molar-refractivity contribution < 1.29 is 14.3 Å². The van der Waals surface area contributed by atoms with Gasteiger partial charge in [-0.2, -0.15) is 0 Å². The highest BCUT2D eigenvalue weighted by Gasteiger charge is 2.58. The van der Waals surface area contributed by atoms with Crippen LogP contribution in [0.1, 0.15) is 51.6 Å². The number of hydrogen-bond acceptors (Lipinski definition) is 3. The van der Waals surface area contributed by atoms with E-state index in [0.29, 0.717) is 18.0 Å². The standard InChI is InChI=1S/C18H22ClNO3/c1-17(2,3)11-20-14(12-4-6-13(19)7-5-12)8-9-18(16(20)22)10-15(21)23-18/h4-7,14H,8-11H2,1-3H3/t14?,18-/m0/s1. The number of benzene rings is 1. The molecule has 0 bridgehead atoms. The van der Waals surface area contributed by atoms with Crippen LogP contribution in [0.2, 0.25) is 5.02 Å². The van der Waals surface area contributed by atoms with Crippen LogP contribution < -0.4 is 0 Å². The summed E-state index contributed by atoms with van der Waals surface area (Å²) < 4.78 is 5.28. The third-order valence-corrected chi connectivity index (χ3v) is 4.74. The normalized spacial score (nSPS) is 27.8. The van der Waals surface area contributed by atoms with Crippen LogP contribution >= 0.6 is 11.6 Å². The Morgan fingerprint density at radius 3 is 2.39 bits per heavy atom. The van der Waals surface area contributed by atoms with Crippen LogP contribution in [0.25, 0.3) is 0 Å². The highest BCUT2D eigenvalue weighted by atomic mass is 35.5. The summed E-state index contributed by atoms with van der Waals surface area (Å²) in [5, 5.41) is 0.683. The Labute approximate surface area is 141 Å². The maximum absolute atomic E-state index is 13.0. The van der Waals surface area contributed by atoms with Gasteiger partial charge in [0.15, 0.2) is 0 Å². The van der Waals surface area contributed by atoms with E-state index in [0.717, 1.165) is 12.0 Å². The predicted octanol–water partition coefficient (Wildman–Crippen LogP) is 3.74. The first kappa shape index (κ1) is 16.3. The molecule has 1 aromatic carbocycles. The van der Waals surface area contributed by atoms with Crippen molar-refractivity contribution in [1.82, 2.24) is 4.90 Å². The number of halogens is 1. The van der Waals surface area contributed by atoms with Gasteiger partial charge in [0.1, 0.15) is 0 Å². The van der Waals surface area contributed by atoms with Crippen molar-refractivity contribution in [1.29, 1.82) is 0 Å². The van der Waals surface area contributed by atoms with Crippen molar-refractivity contribution in [3.05, 3.63) is 34.9 Å². The Morgan fingerprint density at radius 1 is 1.26 bits per heavy atom. The molecule has 5 heteroatoms. The summed E-state index contributed by atoms with van der Waals surface area (Å²) in [5.41, 5.74) is 0.130. The Balaban J connectivity index is 1.91. The first-order valence-electron chi connectivity index (χ1n) is 7.99. The fourth-order valence-electron chi connectivity index (χ4n) is 3.46. The smallest absolute Gasteiger partial charge is 0.311 e. The van der Waals surface area contributed by atoms with Crippen LogP contribution in [0, 0.1) is 5.41 Å². The number of piperidine rings is 1. The number of ether oxygens (including phenoxy) is 1. The molecule has 1 unspecified atom stereocenters. The Morgan fingerprint density at radius 2 is 1.87 bits per heavy atom. The lowest BCUT2D eigenvalue weighted by Gasteiger charge is -2.50. The summed E-state index contributed by atoms with van der Waals surface area (Å²) in [6, 6.07) is 7.65. The van der Waals surface area contributed by atoms with Crippen LogP contribution in [0.3, 0.4) is 0 Å². The Bertz CT molecular complexity index is 625. The lowest BCUT2D eigenvalue weighted by Crippen LogP contribution is -2.63. The van der Waals surface area contributed by atoms with Crippen molar-refractivity contribution in [2.24, 2.45) is 5.41 Å². The molecule has 0 N–H and O–H groups in total. The molecular weight excluding hydrogens is 314 g/mol. The second kappa shape index (κ2) is 5.52. The van der Waals surface area contributed by atoms with Gasteiger partial charge in [-0.1, -0.05) is 44.5 Å². The summed E-state index contributed by atoms with van der Waals surface area (Å²) in [4.78, 5) is 26.2. The first-order chi connectivity index (χ1) is 10.7. The van der Waals surface area contributed by atoms with Crippen molar-refractivity contribution in [3.8, 4) is 0 Å². The number of esters is 1. The Hall–Kier alpha value is -1.55. The summed E-state index contributed by atoms with van der Waals surface area (Å²) in [6.07, 6.45) is 1.59. The fourth-order valence-corrected chi connectivity index (χ4v) is 3.59. The maximum atomic E-state index is 13.0. The zero-order valence-electron chi connectivity index (χ0n) is 13.8. The van der Waals surface area contributed by atoms with Gasteiger partial charge in [0.25, 0.3) is 5.91 Å². The van der Waals surface area contributed by atoms with Crippen LogP contribution in [-0.2, 0) is 14.3 Å². The molecule has 0 saturated carbocycles. The minimum atomic E-state index is -0.911. The SMILES string of the molecule is CC(C)(C)CN1C(=O)[C@]2(CCC1c1ccc(Cl)cc1)CC(=O)O2. The van der Waals surface area contributed by atoms with E-state index in [-0.39, 0.29) is 29.8 Å². The molecule has 124 valence electrons. The maximum Gasteiger partial charge on any atom is 0.311 e. The monoisotopic (exact) mass is 335 g/mol. The van der Waals surface area contributed by atoms with Crippen molar-refractivity contribution in [3.63, 3.8) is 0 Å². The van der Waals surface area contributed by atoms with E-state index in [9.17, 15) is 9.59 Å². The highest BCUT2D eigenvalue weighted by Crippen LogP contribution is 2.45. The molecule has 4 nitrogen and oxygen atoms in total. The summed E-state index contributed by atoms with van der Waals surface area (Å²) in [5.74, 6) is -0.336. The van der Waals surface area contributed by atoms with Gasteiger partial charge >= 0.3 is 5.97 Å². The van der Waals surface area contributed by atoms with Gasteiger partial charge in [0.05, 0.1) is 12.5 Å². The number of rotatable bonds is 2. The van der Waals surface area contributed by atoms with E-state index < -0.39 is 5.60 Å². The van der Waals surface area contributed by atoms with E-state index in [1.54, 1.807) is 0 Å². The van der Waals surface area contributed by atoms with Gasteiger partial charge in [-0.05, 0) is 36.0 Å². The molecule has 2 saturated heterocycles. The second-order valence-electron chi connectivity index (χ2n) is 7.74. The van der Waals surface area contributed by atoms with E-state index in [4.69, 9.17) is 16.3 Å². The van der Waals surface area contributed by atoms with Gasteiger partial charge in [-0.25, -0.2) is 0 Å². The topological polar surface area (TPSA) is 46.6 Å². The third kappa shape index (κ3) is 3.09. The lowest BCUT2D eigenvalue weighted by molar-refractivity contribution is -0.209. The molecule has 2 fully saturated rings. The van der Waals surface area contributed by atoms with Crippen LogP contribution in [0.5, 0.6) is 0 Å². The molecule has 1 spiro atoms. The lowest BCUT2D eigenvalue weighted by atomic mass is 9.79. The molecule has 0 radical (unpaired) electrons. The van der Waals surface area contributed by atoms with Crippen molar-refractivity contribution in [2.75, 3.05) is 6.54 Å². The van der Waals surface area contributed by atoms with Crippen LogP contribution in [-0.4, -0.2) is 28.9 Å². The number of amides is 1. The molecule has 23 heavy (non-hydrogen) atoms. The van der Waals surface area contributed by atoms with Crippen molar-refractivity contribution >= 4 is 23.5 Å². The van der Waals surface area contributed by atoms with E-state index in [1.807, 2.05) is 29.2 Å². The number of hydrogen-bond donors (Lipinski definition) is 0. The minimum Gasteiger partial charge on any atom is -0.448 e. The molecule has 1 amide bonds.